The average Bonchev–Trinajstić information content (AvgIpc) is 2.48. The van der Waals surface area contributed by atoms with Gasteiger partial charge < -0.3 is 9.64 Å². The van der Waals surface area contributed by atoms with Gasteiger partial charge in [-0.15, -0.1) is 0 Å². The Kier molecular flexibility index (Phi) is 5.09. The molecule has 0 bridgehead atoms. The molecule has 4 nitrogen and oxygen atoms in total. The predicted molar refractivity (Wildman–Crippen MR) is 84.5 cm³/mol. The van der Waals surface area contributed by atoms with E-state index in [2.05, 4.69) is 27.8 Å². The second-order valence-electron chi connectivity index (χ2n) is 5.01. The molecule has 20 heavy (non-hydrogen) atoms. The van der Waals surface area contributed by atoms with Gasteiger partial charge in [0.05, 0.1) is 23.4 Å². The van der Waals surface area contributed by atoms with Crippen LogP contribution in [0.15, 0.2) is 29.2 Å². The Bertz CT molecular complexity index is 544. The Hall–Kier alpha value is -0.590. The molecule has 1 heterocycles. The number of halogens is 1. The van der Waals surface area contributed by atoms with E-state index in [9.17, 15) is 8.42 Å². The van der Waals surface area contributed by atoms with E-state index in [1.807, 2.05) is 12.1 Å². The van der Waals surface area contributed by atoms with Gasteiger partial charge in [-0.3, -0.25) is 0 Å². The molecule has 0 N–H and O–H groups in total. The van der Waals surface area contributed by atoms with Crippen molar-refractivity contribution in [3.63, 3.8) is 0 Å². The Morgan fingerprint density at radius 3 is 2.55 bits per heavy atom. The first-order valence-corrected chi connectivity index (χ1v) is 9.52. The summed E-state index contributed by atoms with van der Waals surface area (Å²) >= 11 is 3.45. The summed E-state index contributed by atoms with van der Waals surface area (Å²) in [6.45, 7) is 5.27. The molecular weight excluding hydrogens is 342 g/mol. The highest BCUT2D eigenvalue weighted by Gasteiger charge is 2.25. The lowest BCUT2D eigenvalue weighted by Gasteiger charge is -2.39. The van der Waals surface area contributed by atoms with Gasteiger partial charge >= 0.3 is 0 Å². The van der Waals surface area contributed by atoms with Crippen LogP contribution < -0.4 is 4.90 Å². The van der Waals surface area contributed by atoms with Gasteiger partial charge in [-0.25, -0.2) is 8.42 Å². The Labute approximate surface area is 129 Å². The quantitative estimate of drug-likeness (QED) is 0.772. The number of morpholine rings is 1. The Morgan fingerprint density at radius 2 is 2.00 bits per heavy atom. The summed E-state index contributed by atoms with van der Waals surface area (Å²) < 4.78 is 29.3. The van der Waals surface area contributed by atoms with Gasteiger partial charge in [0.15, 0.2) is 9.84 Å². The summed E-state index contributed by atoms with van der Waals surface area (Å²) in [5.41, 5.74) is 1.04. The number of alkyl halides is 1. The standard InChI is InChI=1S/C14H20BrNO3S/c1-3-20(17,18)14-6-4-12(5-7-14)16-9-13(8-15)19-10-11(16)2/h4-7,11,13H,3,8-10H2,1-2H3. The molecule has 2 unspecified atom stereocenters. The lowest BCUT2D eigenvalue weighted by Crippen LogP contribution is -2.49. The molecule has 0 aliphatic carbocycles. The lowest BCUT2D eigenvalue weighted by molar-refractivity contribution is 0.0380. The fourth-order valence-electron chi connectivity index (χ4n) is 2.28. The predicted octanol–water partition coefficient (Wildman–Crippen LogP) is 2.47. The first-order chi connectivity index (χ1) is 9.47. The van der Waals surface area contributed by atoms with Gasteiger partial charge in [0, 0.05) is 23.6 Å². The molecule has 1 saturated heterocycles. The number of hydrogen-bond donors (Lipinski definition) is 0. The maximum atomic E-state index is 11.8. The van der Waals surface area contributed by atoms with Crippen molar-refractivity contribution in [3.8, 4) is 0 Å². The van der Waals surface area contributed by atoms with Crippen molar-refractivity contribution < 1.29 is 13.2 Å². The van der Waals surface area contributed by atoms with E-state index in [4.69, 9.17) is 4.74 Å². The second kappa shape index (κ2) is 6.45. The van der Waals surface area contributed by atoms with Crippen molar-refractivity contribution in [2.75, 3.05) is 29.1 Å². The Morgan fingerprint density at radius 1 is 1.35 bits per heavy atom. The molecule has 2 rings (SSSR count). The van der Waals surface area contributed by atoms with Crippen LogP contribution in [0.1, 0.15) is 13.8 Å². The van der Waals surface area contributed by atoms with E-state index in [1.165, 1.54) is 0 Å². The van der Waals surface area contributed by atoms with Gasteiger partial charge in [-0.1, -0.05) is 22.9 Å². The molecule has 1 aromatic carbocycles. The highest BCUT2D eigenvalue weighted by molar-refractivity contribution is 9.09. The molecule has 1 aliphatic rings. The molecular formula is C14H20BrNO3S. The molecule has 0 aromatic heterocycles. The zero-order valence-electron chi connectivity index (χ0n) is 11.8. The maximum Gasteiger partial charge on any atom is 0.178 e. The van der Waals surface area contributed by atoms with Gasteiger partial charge in [-0.05, 0) is 31.2 Å². The minimum absolute atomic E-state index is 0.131. The Balaban J connectivity index is 2.21. The topological polar surface area (TPSA) is 46.6 Å². The van der Waals surface area contributed by atoms with Crippen LogP contribution in [0.3, 0.4) is 0 Å². The largest absolute Gasteiger partial charge is 0.373 e. The summed E-state index contributed by atoms with van der Waals surface area (Å²) in [5.74, 6) is 0.131. The fraction of sp³-hybridized carbons (Fsp3) is 0.571. The minimum atomic E-state index is -3.13. The zero-order valence-corrected chi connectivity index (χ0v) is 14.2. The van der Waals surface area contributed by atoms with Gasteiger partial charge in [0.25, 0.3) is 0 Å². The van der Waals surface area contributed by atoms with Crippen LogP contribution >= 0.6 is 15.9 Å². The van der Waals surface area contributed by atoms with Crippen LogP contribution in [-0.4, -0.2) is 44.8 Å². The molecule has 0 saturated carbocycles. The van der Waals surface area contributed by atoms with Crippen molar-refractivity contribution in [2.24, 2.45) is 0 Å². The third-order valence-electron chi connectivity index (χ3n) is 3.59. The minimum Gasteiger partial charge on any atom is -0.373 e. The fourth-order valence-corrected chi connectivity index (χ4v) is 3.56. The smallest absolute Gasteiger partial charge is 0.178 e. The SMILES string of the molecule is CCS(=O)(=O)c1ccc(N2CC(CBr)OCC2C)cc1. The van der Waals surface area contributed by atoms with Gasteiger partial charge in [-0.2, -0.15) is 0 Å². The van der Waals surface area contributed by atoms with Crippen molar-refractivity contribution in [3.05, 3.63) is 24.3 Å². The molecule has 6 heteroatoms. The van der Waals surface area contributed by atoms with Crippen molar-refractivity contribution in [1.29, 1.82) is 0 Å². The van der Waals surface area contributed by atoms with Crippen LogP contribution in [0.25, 0.3) is 0 Å². The number of anilines is 1. The van der Waals surface area contributed by atoms with E-state index in [-0.39, 0.29) is 11.9 Å². The van der Waals surface area contributed by atoms with Crippen LogP contribution in [0.5, 0.6) is 0 Å². The number of hydrogen-bond acceptors (Lipinski definition) is 4. The summed E-state index contributed by atoms with van der Waals surface area (Å²) in [7, 11) is -3.13. The molecule has 0 radical (unpaired) electrons. The zero-order chi connectivity index (χ0) is 14.8. The van der Waals surface area contributed by atoms with E-state index in [1.54, 1.807) is 19.1 Å². The third-order valence-corrected chi connectivity index (χ3v) is 6.06. The normalized spacial score (nSPS) is 23.9. The van der Waals surface area contributed by atoms with Crippen LogP contribution in [-0.2, 0) is 14.6 Å². The van der Waals surface area contributed by atoms with E-state index in [0.717, 1.165) is 17.6 Å². The molecule has 112 valence electrons. The van der Waals surface area contributed by atoms with E-state index < -0.39 is 9.84 Å². The van der Waals surface area contributed by atoms with Crippen molar-refractivity contribution in [1.82, 2.24) is 0 Å². The lowest BCUT2D eigenvalue weighted by atomic mass is 10.1. The van der Waals surface area contributed by atoms with E-state index >= 15 is 0 Å². The number of nitrogens with zero attached hydrogens (tertiary/aromatic N) is 1. The van der Waals surface area contributed by atoms with Crippen LogP contribution in [0.2, 0.25) is 0 Å². The number of benzene rings is 1. The highest BCUT2D eigenvalue weighted by atomic mass is 79.9. The number of ether oxygens (including phenoxy) is 1. The molecule has 1 fully saturated rings. The van der Waals surface area contributed by atoms with E-state index in [0.29, 0.717) is 17.5 Å². The van der Waals surface area contributed by atoms with Gasteiger partial charge in [0.2, 0.25) is 0 Å². The third kappa shape index (κ3) is 3.35. The first-order valence-electron chi connectivity index (χ1n) is 6.75. The molecule has 1 aromatic rings. The monoisotopic (exact) mass is 361 g/mol. The van der Waals surface area contributed by atoms with Crippen molar-refractivity contribution in [2.45, 2.75) is 30.9 Å². The summed E-state index contributed by atoms with van der Waals surface area (Å²) in [6, 6.07) is 7.45. The summed E-state index contributed by atoms with van der Waals surface area (Å²) in [5, 5.41) is 0.804. The first kappa shape index (κ1) is 15.8. The molecule has 2 atom stereocenters. The van der Waals surface area contributed by atoms with Crippen LogP contribution in [0, 0.1) is 0 Å². The average molecular weight is 362 g/mol. The highest BCUT2D eigenvalue weighted by Crippen LogP contribution is 2.24. The molecule has 0 amide bonds. The second-order valence-corrected chi connectivity index (χ2v) is 7.93. The number of sulfone groups is 1. The van der Waals surface area contributed by atoms with Crippen LogP contribution in [0.4, 0.5) is 5.69 Å². The summed E-state index contributed by atoms with van der Waals surface area (Å²) in [6.07, 6.45) is 0.172. The molecule has 1 aliphatic heterocycles. The maximum absolute atomic E-state index is 11.8. The number of rotatable bonds is 4. The molecule has 0 spiro atoms. The summed E-state index contributed by atoms with van der Waals surface area (Å²) in [4.78, 5) is 2.65. The van der Waals surface area contributed by atoms with Crippen molar-refractivity contribution >= 4 is 31.5 Å². The van der Waals surface area contributed by atoms with Gasteiger partial charge in [0.1, 0.15) is 0 Å².